The molecule has 174 valence electrons. The Morgan fingerprint density at radius 3 is 2.47 bits per heavy atom. The Morgan fingerprint density at radius 1 is 0.971 bits per heavy atom. The van der Waals surface area contributed by atoms with Gasteiger partial charge in [0.05, 0.1) is 0 Å². The largest absolute Gasteiger partial charge is 0.484 e. The maximum Gasteiger partial charge on any atom is 0.262 e. The summed E-state index contributed by atoms with van der Waals surface area (Å²) in [5.41, 5.74) is 1.94. The van der Waals surface area contributed by atoms with E-state index in [4.69, 9.17) is 16.3 Å². The molecule has 0 heterocycles. The number of anilines is 1. The zero-order valence-corrected chi connectivity index (χ0v) is 20.5. The monoisotopic (exact) mass is 540 g/mol. The van der Waals surface area contributed by atoms with E-state index >= 15 is 0 Å². The van der Waals surface area contributed by atoms with E-state index in [9.17, 15) is 14.4 Å². The predicted molar refractivity (Wildman–Crippen MR) is 135 cm³/mol. The van der Waals surface area contributed by atoms with Gasteiger partial charge in [-0.1, -0.05) is 33.6 Å². The molecule has 3 aromatic carbocycles. The second-order valence-electron chi connectivity index (χ2n) is 8.05. The topological polar surface area (TPSA) is 84.5 Å². The molecule has 0 saturated heterocycles. The first kappa shape index (κ1) is 24.0. The summed E-state index contributed by atoms with van der Waals surface area (Å²) in [5, 5.41) is 6.11. The number of amides is 2. The van der Waals surface area contributed by atoms with Crippen LogP contribution in [0.2, 0.25) is 5.02 Å². The minimum absolute atomic E-state index is 0.154. The quantitative estimate of drug-likeness (QED) is 0.351. The second kappa shape index (κ2) is 10.8. The van der Waals surface area contributed by atoms with Crippen molar-refractivity contribution in [3.05, 3.63) is 92.9 Å². The van der Waals surface area contributed by atoms with E-state index in [-0.39, 0.29) is 24.2 Å². The Balaban J connectivity index is 1.30. The predicted octanol–water partition coefficient (Wildman–Crippen LogP) is 5.49. The molecule has 4 rings (SSSR count). The normalized spacial score (nSPS) is 12.6. The highest BCUT2D eigenvalue weighted by molar-refractivity contribution is 9.10. The van der Waals surface area contributed by atoms with Gasteiger partial charge in [-0.05, 0) is 79.4 Å². The summed E-state index contributed by atoms with van der Waals surface area (Å²) in [6.07, 6.45) is 2.32. The van der Waals surface area contributed by atoms with Gasteiger partial charge in [0.25, 0.3) is 11.8 Å². The highest BCUT2D eigenvalue weighted by Gasteiger charge is 2.22. The summed E-state index contributed by atoms with van der Waals surface area (Å²) in [5.74, 6) is 0.344. The molecular weight excluding hydrogens is 520 g/mol. The zero-order chi connectivity index (χ0) is 24.1. The zero-order valence-electron chi connectivity index (χ0n) is 18.1. The van der Waals surface area contributed by atoms with Crippen molar-refractivity contribution in [2.75, 3.05) is 18.5 Å². The fourth-order valence-corrected chi connectivity index (χ4v) is 3.87. The summed E-state index contributed by atoms with van der Waals surface area (Å²) in [6.45, 7) is 0.468. The Kier molecular flexibility index (Phi) is 7.65. The molecule has 3 aromatic rings. The van der Waals surface area contributed by atoms with Gasteiger partial charge in [0.15, 0.2) is 12.4 Å². The molecule has 2 N–H and O–H groups in total. The number of hydrogen-bond donors (Lipinski definition) is 2. The lowest BCUT2D eigenvalue weighted by Crippen LogP contribution is -2.26. The lowest BCUT2D eigenvalue weighted by molar-refractivity contribution is -0.118. The third-order valence-electron chi connectivity index (χ3n) is 5.32. The molecule has 0 atom stereocenters. The Bertz CT molecular complexity index is 1230. The van der Waals surface area contributed by atoms with Crippen LogP contribution in [0.4, 0.5) is 5.69 Å². The van der Waals surface area contributed by atoms with E-state index in [1.807, 2.05) is 0 Å². The molecule has 6 nitrogen and oxygen atoms in total. The van der Waals surface area contributed by atoms with Crippen LogP contribution in [0.25, 0.3) is 0 Å². The molecule has 1 aliphatic carbocycles. The smallest absolute Gasteiger partial charge is 0.262 e. The number of ether oxygens (including phenoxy) is 1. The van der Waals surface area contributed by atoms with Crippen molar-refractivity contribution >= 4 is 50.8 Å². The van der Waals surface area contributed by atoms with Crippen molar-refractivity contribution in [1.29, 1.82) is 0 Å². The molecule has 0 radical (unpaired) electrons. The summed E-state index contributed by atoms with van der Waals surface area (Å²) in [7, 11) is 0. The van der Waals surface area contributed by atoms with Crippen LogP contribution in [0.5, 0.6) is 5.75 Å². The van der Waals surface area contributed by atoms with Gasteiger partial charge in [-0.25, -0.2) is 0 Å². The fraction of sp³-hybridized carbons (Fsp3) is 0.192. The maximum atomic E-state index is 12.7. The van der Waals surface area contributed by atoms with Crippen molar-refractivity contribution < 1.29 is 19.1 Å². The number of carbonyl (C=O) groups is 3. The van der Waals surface area contributed by atoms with Gasteiger partial charge < -0.3 is 15.4 Å². The molecule has 0 aromatic heterocycles. The molecule has 0 spiro atoms. The number of rotatable bonds is 9. The molecule has 0 aliphatic heterocycles. The summed E-state index contributed by atoms with van der Waals surface area (Å²) in [4.78, 5) is 37.3. The van der Waals surface area contributed by atoms with Crippen LogP contribution in [0, 0.1) is 5.92 Å². The van der Waals surface area contributed by atoms with Crippen molar-refractivity contribution in [3.63, 3.8) is 0 Å². The summed E-state index contributed by atoms with van der Waals surface area (Å²) < 4.78 is 6.20. The van der Waals surface area contributed by atoms with Gasteiger partial charge in [0, 0.05) is 38.4 Å². The first-order chi connectivity index (χ1) is 16.4. The average molecular weight is 542 g/mol. The molecule has 8 heteroatoms. The Morgan fingerprint density at radius 2 is 1.74 bits per heavy atom. The fourth-order valence-electron chi connectivity index (χ4n) is 3.27. The van der Waals surface area contributed by atoms with Crippen LogP contribution in [0.1, 0.15) is 39.1 Å². The number of ketones is 1. The van der Waals surface area contributed by atoms with Gasteiger partial charge in [0.1, 0.15) is 5.75 Å². The Hall–Kier alpha value is -3.16. The third-order valence-corrected chi connectivity index (χ3v) is 6.24. The third kappa shape index (κ3) is 6.46. The van der Waals surface area contributed by atoms with E-state index < -0.39 is 0 Å². The number of benzene rings is 3. The molecule has 0 unspecified atom stereocenters. The van der Waals surface area contributed by atoms with E-state index in [1.165, 1.54) is 0 Å². The van der Waals surface area contributed by atoms with Crippen LogP contribution in [0.15, 0.2) is 71.2 Å². The average Bonchev–Trinajstić information content (AvgIpc) is 3.67. The lowest BCUT2D eigenvalue weighted by Gasteiger charge is -2.10. The molecule has 1 fully saturated rings. The van der Waals surface area contributed by atoms with Crippen LogP contribution in [0.3, 0.4) is 0 Å². The number of carbonyl (C=O) groups excluding carboxylic acids is 3. The van der Waals surface area contributed by atoms with Gasteiger partial charge >= 0.3 is 0 Å². The van der Waals surface area contributed by atoms with Crippen LogP contribution in [-0.4, -0.2) is 30.7 Å². The molecular formula is C26H22BrClN2O4. The molecule has 2 amide bonds. The number of halogens is 2. The number of hydrogen-bond acceptors (Lipinski definition) is 4. The number of nitrogens with one attached hydrogen (secondary N) is 2. The molecule has 0 bridgehead atoms. The van der Waals surface area contributed by atoms with Gasteiger partial charge in [0.2, 0.25) is 0 Å². The van der Waals surface area contributed by atoms with Crippen LogP contribution >= 0.6 is 27.5 Å². The van der Waals surface area contributed by atoms with Crippen molar-refractivity contribution in [2.45, 2.75) is 12.8 Å². The first-order valence-electron chi connectivity index (χ1n) is 10.8. The van der Waals surface area contributed by atoms with E-state index in [1.54, 1.807) is 66.7 Å². The van der Waals surface area contributed by atoms with Gasteiger partial charge in [-0.2, -0.15) is 0 Å². The minimum Gasteiger partial charge on any atom is -0.484 e. The molecule has 1 aliphatic rings. The summed E-state index contributed by atoms with van der Waals surface area (Å²) in [6, 6.07) is 18.3. The van der Waals surface area contributed by atoms with Gasteiger partial charge in [-0.15, -0.1) is 0 Å². The van der Waals surface area contributed by atoms with Gasteiger partial charge in [-0.3, -0.25) is 14.4 Å². The Labute approximate surface area is 210 Å². The van der Waals surface area contributed by atoms with Crippen molar-refractivity contribution in [2.24, 2.45) is 5.92 Å². The SMILES string of the molecule is O=C(COc1ccc(C(=O)c2cc(Cl)ccc2Br)cc1)Nc1cccc(C(=O)NCC2CC2)c1. The van der Waals surface area contributed by atoms with Crippen molar-refractivity contribution in [1.82, 2.24) is 5.32 Å². The van der Waals surface area contributed by atoms with Crippen molar-refractivity contribution in [3.8, 4) is 5.75 Å². The maximum absolute atomic E-state index is 12.7. The van der Waals surface area contributed by atoms with E-state index in [2.05, 4.69) is 26.6 Å². The van der Waals surface area contributed by atoms with E-state index in [0.29, 0.717) is 50.1 Å². The van der Waals surface area contributed by atoms with Crippen LogP contribution < -0.4 is 15.4 Å². The summed E-state index contributed by atoms with van der Waals surface area (Å²) >= 11 is 9.37. The van der Waals surface area contributed by atoms with Crippen LogP contribution in [-0.2, 0) is 4.79 Å². The second-order valence-corrected chi connectivity index (χ2v) is 9.34. The standard InChI is InChI=1S/C26H22BrClN2O4/c27-23-11-8-19(28)13-22(23)25(32)17-6-9-21(10-7-17)34-15-24(31)30-20-3-1-2-18(12-20)26(33)29-14-16-4-5-16/h1-3,6-13,16H,4-5,14-15H2,(H,29,33)(H,30,31). The molecule has 1 saturated carbocycles. The minimum atomic E-state index is -0.362. The first-order valence-corrected chi connectivity index (χ1v) is 12.0. The highest BCUT2D eigenvalue weighted by atomic mass is 79.9. The molecule has 34 heavy (non-hydrogen) atoms. The van der Waals surface area contributed by atoms with E-state index in [0.717, 1.165) is 12.8 Å². The highest BCUT2D eigenvalue weighted by Crippen LogP contribution is 2.28. The lowest BCUT2D eigenvalue weighted by atomic mass is 10.0.